The van der Waals surface area contributed by atoms with E-state index in [4.69, 9.17) is 4.52 Å². The second-order valence-electron chi connectivity index (χ2n) is 7.53. The van der Waals surface area contributed by atoms with Gasteiger partial charge in [-0.1, -0.05) is 56.3 Å². The number of aliphatic hydroxyl groups is 1. The molecule has 2 N–H and O–H groups in total. The molecule has 0 saturated carbocycles. The average molecular weight is 345 g/mol. The van der Waals surface area contributed by atoms with Crippen molar-refractivity contribution in [2.75, 3.05) is 6.54 Å². The van der Waals surface area contributed by atoms with Crippen molar-refractivity contribution in [2.24, 2.45) is 0 Å². The Morgan fingerprint density at radius 2 is 1.88 bits per heavy atom. The summed E-state index contributed by atoms with van der Waals surface area (Å²) in [5.74, 6) is 1.12. The molecular formula is C19H27N3O3. The monoisotopic (exact) mass is 345 g/mol. The zero-order chi connectivity index (χ0) is 18.5. The molecule has 2 aromatic rings. The molecule has 136 valence electrons. The molecule has 0 bridgehead atoms. The first-order valence-corrected chi connectivity index (χ1v) is 8.56. The maximum absolute atomic E-state index is 12.0. The van der Waals surface area contributed by atoms with E-state index >= 15 is 0 Å². The van der Waals surface area contributed by atoms with Crippen LogP contribution >= 0.6 is 0 Å². The van der Waals surface area contributed by atoms with Gasteiger partial charge < -0.3 is 14.9 Å². The molecule has 0 spiro atoms. The van der Waals surface area contributed by atoms with Gasteiger partial charge >= 0.3 is 0 Å². The maximum Gasteiger partial charge on any atom is 0.226 e. The Hall–Kier alpha value is -2.21. The minimum atomic E-state index is -1.09. The second kappa shape index (κ2) is 7.78. The zero-order valence-corrected chi connectivity index (χ0v) is 15.4. The topological polar surface area (TPSA) is 88.2 Å². The van der Waals surface area contributed by atoms with Crippen molar-refractivity contribution in [3.63, 3.8) is 0 Å². The third kappa shape index (κ3) is 5.67. The second-order valence-corrected chi connectivity index (χ2v) is 7.53. The molecule has 1 heterocycles. The van der Waals surface area contributed by atoms with E-state index in [0.717, 1.165) is 5.56 Å². The fourth-order valence-electron chi connectivity index (χ4n) is 2.32. The molecule has 1 aromatic heterocycles. The van der Waals surface area contributed by atoms with Crippen LogP contribution < -0.4 is 5.32 Å². The van der Waals surface area contributed by atoms with E-state index in [1.54, 1.807) is 6.92 Å². The van der Waals surface area contributed by atoms with Gasteiger partial charge in [0, 0.05) is 18.3 Å². The molecule has 1 amide bonds. The van der Waals surface area contributed by atoms with Crippen LogP contribution in [0, 0.1) is 0 Å². The highest BCUT2D eigenvalue weighted by Crippen LogP contribution is 2.20. The lowest BCUT2D eigenvalue weighted by molar-refractivity contribution is -0.122. The Balaban J connectivity index is 1.75. The van der Waals surface area contributed by atoms with E-state index in [2.05, 4.69) is 15.5 Å². The molecule has 0 aliphatic heterocycles. The van der Waals surface area contributed by atoms with Gasteiger partial charge in [-0.15, -0.1) is 0 Å². The Bertz CT molecular complexity index is 687. The Morgan fingerprint density at radius 3 is 2.48 bits per heavy atom. The van der Waals surface area contributed by atoms with E-state index < -0.39 is 5.60 Å². The molecule has 0 radical (unpaired) electrons. The molecule has 6 nitrogen and oxygen atoms in total. The van der Waals surface area contributed by atoms with Gasteiger partial charge in [0.1, 0.15) is 5.60 Å². The minimum Gasteiger partial charge on any atom is -0.384 e. The van der Waals surface area contributed by atoms with Crippen molar-refractivity contribution in [3.05, 3.63) is 47.6 Å². The summed E-state index contributed by atoms with van der Waals surface area (Å²) in [5, 5.41) is 17.2. The quantitative estimate of drug-likeness (QED) is 0.805. The van der Waals surface area contributed by atoms with Crippen LogP contribution in [0.2, 0.25) is 0 Å². The Morgan fingerprint density at radius 1 is 1.20 bits per heavy atom. The predicted octanol–water partition coefficient (Wildman–Crippen LogP) is 2.71. The van der Waals surface area contributed by atoms with Gasteiger partial charge in [0.15, 0.2) is 5.82 Å². The van der Waals surface area contributed by atoms with E-state index in [1.165, 1.54) is 0 Å². The molecule has 1 aromatic carbocycles. The Labute approximate surface area is 148 Å². The average Bonchev–Trinajstić information content (AvgIpc) is 3.03. The minimum absolute atomic E-state index is 0.105. The summed E-state index contributed by atoms with van der Waals surface area (Å²) in [4.78, 5) is 16.3. The van der Waals surface area contributed by atoms with Crippen LogP contribution in [0.25, 0.3) is 0 Å². The van der Waals surface area contributed by atoms with Crippen molar-refractivity contribution >= 4 is 5.91 Å². The number of amides is 1. The summed E-state index contributed by atoms with van der Waals surface area (Å²) < 4.78 is 5.21. The molecule has 6 heteroatoms. The van der Waals surface area contributed by atoms with Crippen LogP contribution in [0.3, 0.4) is 0 Å². The SMILES string of the molecule is CC(C)(C)c1noc(CCCC(=O)NCC(C)(O)c2ccccc2)n1. The predicted molar refractivity (Wildman–Crippen MR) is 95.0 cm³/mol. The van der Waals surface area contributed by atoms with Crippen molar-refractivity contribution in [1.29, 1.82) is 0 Å². The molecule has 1 atom stereocenters. The largest absolute Gasteiger partial charge is 0.384 e. The molecule has 25 heavy (non-hydrogen) atoms. The van der Waals surface area contributed by atoms with Gasteiger partial charge in [-0.3, -0.25) is 4.79 Å². The smallest absolute Gasteiger partial charge is 0.226 e. The van der Waals surface area contributed by atoms with Crippen LogP contribution in [-0.4, -0.2) is 27.7 Å². The van der Waals surface area contributed by atoms with E-state index in [9.17, 15) is 9.90 Å². The van der Waals surface area contributed by atoms with Crippen molar-refractivity contribution in [1.82, 2.24) is 15.5 Å². The molecule has 0 fully saturated rings. The highest BCUT2D eigenvalue weighted by atomic mass is 16.5. The first kappa shape index (κ1) is 19.1. The lowest BCUT2D eigenvalue weighted by atomic mass is 9.96. The number of hydrogen-bond acceptors (Lipinski definition) is 5. The summed E-state index contributed by atoms with van der Waals surface area (Å²) in [6.45, 7) is 7.93. The summed E-state index contributed by atoms with van der Waals surface area (Å²) in [6.07, 6.45) is 1.52. The fourth-order valence-corrected chi connectivity index (χ4v) is 2.32. The first-order valence-electron chi connectivity index (χ1n) is 8.56. The number of benzene rings is 1. The van der Waals surface area contributed by atoms with Crippen LogP contribution in [0.4, 0.5) is 0 Å². The van der Waals surface area contributed by atoms with E-state index in [0.29, 0.717) is 31.0 Å². The number of carbonyl (C=O) groups is 1. The highest BCUT2D eigenvalue weighted by molar-refractivity contribution is 5.75. The van der Waals surface area contributed by atoms with Crippen LogP contribution in [0.1, 0.15) is 57.8 Å². The van der Waals surface area contributed by atoms with Gasteiger partial charge in [0.05, 0.1) is 6.54 Å². The standard InChI is InChI=1S/C19H27N3O3/c1-18(2,3)17-21-16(25-22-17)12-8-11-15(23)20-13-19(4,24)14-9-6-5-7-10-14/h5-7,9-10,24H,8,11-13H2,1-4H3,(H,20,23). The van der Waals surface area contributed by atoms with E-state index in [-0.39, 0.29) is 17.9 Å². The summed E-state index contributed by atoms with van der Waals surface area (Å²) in [5.41, 5.74) is -0.469. The molecule has 1 unspecified atom stereocenters. The number of aryl methyl sites for hydroxylation is 1. The highest BCUT2D eigenvalue weighted by Gasteiger charge is 2.23. The van der Waals surface area contributed by atoms with Crippen molar-refractivity contribution in [2.45, 2.75) is 58.0 Å². The summed E-state index contributed by atoms with van der Waals surface area (Å²) >= 11 is 0. The molecule has 0 aliphatic carbocycles. The number of carbonyl (C=O) groups excluding carboxylic acids is 1. The molecule has 0 saturated heterocycles. The van der Waals surface area contributed by atoms with Crippen LogP contribution in [-0.2, 0) is 22.2 Å². The van der Waals surface area contributed by atoms with Crippen LogP contribution in [0.15, 0.2) is 34.9 Å². The lowest BCUT2D eigenvalue weighted by Gasteiger charge is -2.24. The molecule has 2 rings (SSSR count). The first-order chi connectivity index (χ1) is 11.7. The number of hydrogen-bond donors (Lipinski definition) is 2. The van der Waals surface area contributed by atoms with Gasteiger partial charge in [0.25, 0.3) is 0 Å². The van der Waals surface area contributed by atoms with Crippen LogP contribution in [0.5, 0.6) is 0 Å². The van der Waals surface area contributed by atoms with Gasteiger partial charge in [-0.05, 0) is 18.9 Å². The maximum atomic E-state index is 12.0. The summed E-state index contributed by atoms with van der Waals surface area (Å²) in [7, 11) is 0. The molecular weight excluding hydrogens is 318 g/mol. The third-order valence-corrected chi connectivity index (χ3v) is 3.96. The fraction of sp³-hybridized carbons (Fsp3) is 0.526. The number of rotatable bonds is 7. The van der Waals surface area contributed by atoms with Gasteiger partial charge in [0.2, 0.25) is 11.8 Å². The summed E-state index contributed by atoms with van der Waals surface area (Å²) in [6, 6.07) is 9.30. The Kier molecular flexibility index (Phi) is 5.95. The normalized spacial score (nSPS) is 14.1. The third-order valence-electron chi connectivity index (χ3n) is 3.96. The number of aromatic nitrogens is 2. The van der Waals surface area contributed by atoms with Crippen molar-refractivity contribution < 1.29 is 14.4 Å². The number of nitrogens with one attached hydrogen (secondary N) is 1. The van der Waals surface area contributed by atoms with Gasteiger partial charge in [-0.25, -0.2) is 0 Å². The van der Waals surface area contributed by atoms with E-state index in [1.807, 2.05) is 51.1 Å². The number of nitrogens with zero attached hydrogens (tertiary/aromatic N) is 2. The zero-order valence-electron chi connectivity index (χ0n) is 15.4. The lowest BCUT2D eigenvalue weighted by Crippen LogP contribution is -2.38. The molecule has 0 aliphatic rings. The van der Waals surface area contributed by atoms with Crippen molar-refractivity contribution in [3.8, 4) is 0 Å². The van der Waals surface area contributed by atoms with Gasteiger partial charge in [-0.2, -0.15) is 4.98 Å².